The van der Waals surface area contributed by atoms with Crippen molar-refractivity contribution in [2.75, 3.05) is 49.6 Å². The predicted molar refractivity (Wildman–Crippen MR) is 121 cm³/mol. The molecule has 0 bridgehead atoms. The molecule has 0 saturated carbocycles. The minimum absolute atomic E-state index is 0.0457. The number of carbonyl (C=O) groups is 1. The van der Waals surface area contributed by atoms with Gasteiger partial charge in [0.05, 0.1) is 28.7 Å². The highest BCUT2D eigenvalue weighted by Crippen LogP contribution is 2.29. The lowest BCUT2D eigenvalue weighted by Crippen LogP contribution is -2.40. The number of hydrogen-bond donors (Lipinski definition) is 1. The van der Waals surface area contributed by atoms with E-state index in [1.54, 1.807) is 12.1 Å². The van der Waals surface area contributed by atoms with E-state index in [2.05, 4.69) is 10.2 Å². The third-order valence-corrected chi connectivity index (χ3v) is 7.90. The van der Waals surface area contributed by atoms with Crippen LogP contribution in [0.15, 0.2) is 41.3 Å². The van der Waals surface area contributed by atoms with E-state index in [0.29, 0.717) is 18.9 Å². The fourth-order valence-electron chi connectivity index (χ4n) is 3.98. The molecule has 2 saturated heterocycles. The number of amides is 1. The quantitative estimate of drug-likeness (QED) is 0.703. The average Bonchev–Trinajstić information content (AvgIpc) is 2.82. The van der Waals surface area contributed by atoms with E-state index in [0.717, 1.165) is 38.4 Å². The predicted octanol–water partition coefficient (Wildman–Crippen LogP) is 3.74. The highest BCUT2D eigenvalue weighted by atomic mass is 35.5. The molecule has 2 aliphatic rings. The van der Waals surface area contributed by atoms with Gasteiger partial charge in [-0.2, -0.15) is 4.31 Å². The van der Waals surface area contributed by atoms with Crippen LogP contribution in [0.25, 0.3) is 0 Å². The Bertz CT molecular complexity index is 1100. The first-order chi connectivity index (χ1) is 15.4. The molecule has 1 amide bonds. The van der Waals surface area contributed by atoms with Gasteiger partial charge in [-0.05, 0) is 55.7 Å². The van der Waals surface area contributed by atoms with Crippen molar-refractivity contribution in [1.29, 1.82) is 0 Å². The number of sulfonamides is 1. The molecule has 0 aliphatic carbocycles. The third kappa shape index (κ3) is 4.91. The normalized spacial score (nSPS) is 17.9. The first-order valence-electron chi connectivity index (χ1n) is 10.6. The number of halogens is 2. The van der Waals surface area contributed by atoms with Crippen LogP contribution in [-0.2, 0) is 14.8 Å². The molecule has 0 aromatic heterocycles. The lowest BCUT2D eigenvalue weighted by molar-refractivity contribution is 0.0730. The molecule has 4 rings (SSSR count). The van der Waals surface area contributed by atoms with Crippen LogP contribution in [0.1, 0.15) is 29.6 Å². The Kier molecular flexibility index (Phi) is 6.99. The number of carbonyl (C=O) groups excluding carboxylic acids is 1. The number of benzene rings is 2. The molecule has 7 nitrogen and oxygen atoms in total. The second-order valence-electron chi connectivity index (χ2n) is 7.83. The van der Waals surface area contributed by atoms with E-state index in [1.807, 2.05) is 0 Å². The van der Waals surface area contributed by atoms with Crippen LogP contribution in [-0.4, -0.2) is 58.0 Å². The summed E-state index contributed by atoms with van der Waals surface area (Å²) >= 11 is 5.73. The number of nitrogens with one attached hydrogen (secondary N) is 1. The summed E-state index contributed by atoms with van der Waals surface area (Å²) in [6, 6.07) is 8.64. The van der Waals surface area contributed by atoms with Crippen molar-refractivity contribution in [3.8, 4) is 0 Å². The second-order valence-corrected chi connectivity index (χ2v) is 10.2. The first-order valence-corrected chi connectivity index (χ1v) is 12.4. The van der Waals surface area contributed by atoms with Crippen molar-refractivity contribution >= 4 is 38.9 Å². The zero-order chi connectivity index (χ0) is 22.7. The van der Waals surface area contributed by atoms with Gasteiger partial charge in [-0.25, -0.2) is 12.8 Å². The number of nitrogens with zero attached hydrogens (tertiary/aromatic N) is 2. The first kappa shape index (κ1) is 23.0. The lowest BCUT2D eigenvalue weighted by Gasteiger charge is -2.31. The number of ether oxygens (including phenoxy) is 1. The van der Waals surface area contributed by atoms with E-state index in [4.69, 9.17) is 16.3 Å². The van der Waals surface area contributed by atoms with Crippen LogP contribution in [0, 0.1) is 5.82 Å². The van der Waals surface area contributed by atoms with E-state index in [9.17, 15) is 17.6 Å². The summed E-state index contributed by atoms with van der Waals surface area (Å²) in [6.07, 6.45) is 3.11. The summed E-state index contributed by atoms with van der Waals surface area (Å²) in [5.41, 5.74) is 1.14. The molecular formula is C22H25ClFN3O4S. The average molecular weight is 482 g/mol. The number of morpholine rings is 1. The van der Waals surface area contributed by atoms with Crippen molar-refractivity contribution in [3.63, 3.8) is 0 Å². The molecule has 0 spiro atoms. The molecule has 10 heteroatoms. The van der Waals surface area contributed by atoms with Crippen LogP contribution in [0.2, 0.25) is 5.02 Å². The molecule has 0 radical (unpaired) electrons. The molecule has 2 aromatic rings. The highest BCUT2D eigenvalue weighted by molar-refractivity contribution is 7.89. The van der Waals surface area contributed by atoms with Crippen molar-refractivity contribution in [2.24, 2.45) is 0 Å². The number of piperidine rings is 1. The summed E-state index contributed by atoms with van der Waals surface area (Å²) in [5, 5.41) is 2.63. The molecule has 172 valence electrons. The summed E-state index contributed by atoms with van der Waals surface area (Å²) in [5.74, 6) is -1.16. The molecule has 0 unspecified atom stereocenters. The SMILES string of the molecule is O=C(Nc1ccc(Cl)c(F)c1)c1cc(S(=O)(=O)N2CCOCC2)ccc1N1CCCCC1. The number of anilines is 2. The molecular weight excluding hydrogens is 457 g/mol. The van der Waals surface area contributed by atoms with Gasteiger partial charge in [-0.3, -0.25) is 4.79 Å². The van der Waals surface area contributed by atoms with E-state index in [1.165, 1.54) is 22.5 Å². The summed E-state index contributed by atoms with van der Waals surface area (Å²) in [6.45, 7) is 2.77. The highest BCUT2D eigenvalue weighted by Gasteiger charge is 2.29. The Morgan fingerprint density at radius 1 is 1.00 bits per heavy atom. The molecule has 1 N–H and O–H groups in total. The van der Waals surface area contributed by atoms with Crippen LogP contribution in [0.3, 0.4) is 0 Å². The van der Waals surface area contributed by atoms with Gasteiger partial charge in [0.15, 0.2) is 0 Å². The van der Waals surface area contributed by atoms with Crippen molar-refractivity contribution in [3.05, 3.63) is 52.8 Å². The standard InChI is InChI=1S/C22H25ClFN3O4S/c23-19-6-4-16(14-20(19)24)25-22(28)18-15-17(32(29,30)27-10-12-31-13-11-27)5-7-21(18)26-8-2-1-3-9-26/h4-7,14-15H,1-3,8-13H2,(H,25,28). The van der Waals surface area contributed by atoms with Crippen LogP contribution < -0.4 is 10.2 Å². The maximum Gasteiger partial charge on any atom is 0.257 e. The molecule has 32 heavy (non-hydrogen) atoms. The zero-order valence-corrected chi connectivity index (χ0v) is 19.1. The van der Waals surface area contributed by atoms with Crippen molar-refractivity contribution < 1.29 is 22.3 Å². The van der Waals surface area contributed by atoms with Gasteiger partial charge in [0.1, 0.15) is 5.82 Å². The Balaban J connectivity index is 1.70. The van der Waals surface area contributed by atoms with Gasteiger partial charge in [-0.15, -0.1) is 0 Å². The molecule has 2 aliphatic heterocycles. The van der Waals surface area contributed by atoms with Crippen molar-refractivity contribution in [2.45, 2.75) is 24.2 Å². The maximum absolute atomic E-state index is 13.8. The summed E-state index contributed by atoms with van der Waals surface area (Å²) < 4.78 is 46.8. The number of hydrogen-bond acceptors (Lipinski definition) is 5. The second kappa shape index (κ2) is 9.74. The summed E-state index contributed by atoms with van der Waals surface area (Å²) in [4.78, 5) is 15.3. The van der Waals surface area contributed by atoms with Gasteiger partial charge in [-0.1, -0.05) is 11.6 Å². The maximum atomic E-state index is 13.8. The van der Waals surface area contributed by atoms with Crippen LogP contribution >= 0.6 is 11.6 Å². The topological polar surface area (TPSA) is 79.0 Å². The van der Waals surface area contributed by atoms with E-state index < -0.39 is 21.7 Å². The Morgan fingerprint density at radius 2 is 1.72 bits per heavy atom. The fraction of sp³-hybridized carbons (Fsp3) is 0.409. The van der Waals surface area contributed by atoms with E-state index in [-0.39, 0.29) is 34.3 Å². The third-order valence-electron chi connectivity index (χ3n) is 5.69. The van der Waals surface area contributed by atoms with Crippen LogP contribution in [0.5, 0.6) is 0 Å². The fourth-order valence-corrected chi connectivity index (χ4v) is 5.53. The minimum Gasteiger partial charge on any atom is -0.379 e. The molecule has 0 atom stereocenters. The molecule has 2 aromatic carbocycles. The largest absolute Gasteiger partial charge is 0.379 e. The van der Waals surface area contributed by atoms with Crippen LogP contribution in [0.4, 0.5) is 15.8 Å². The van der Waals surface area contributed by atoms with Crippen molar-refractivity contribution in [1.82, 2.24) is 4.31 Å². The zero-order valence-electron chi connectivity index (χ0n) is 17.5. The monoisotopic (exact) mass is 481 g/mol. The van der Waals surface area contributed by atoms with Gasteiger partial charge >= 0.3 is 0 Å². The van der Waals surface area contributed by atoms with Gasteiger partial charge in [0.25, 0.3) is 5.91 Å². The Morgan fingerprint density at radius 3 is 2.41 bits per heavy atom. The lowest BCUT2D eigenvalue weighted by atomic mass is 10.1. The van der Waals surface area contributed by atoms with E-state index >= 15 is 0 Å². The smallest absolute Gasteiger partial charge is 0.257 e. The van der Waals surface area contributed by atoms with Gasteiger partial charge in [0, 0.05) is 37.6 Å². The number of rotatable bonds is 5. The Labute approximate surface area is 192 Å². The Hall–Kier alpha value is -2.20. The van der Waals surface area contributed by atoms with Gasteiger partial charge < -0.3 is 15.0 Å². The molecule has 2 fully saturated rings. The minimum atomic E-state index is -3.77. The van der Waals surface area contributed by atoms with Gasteiger partial charge in [0.2, 0.25) is 10.0 Å². The molecule has 2 heterocycles. The summed E-state index contributed by atoms with van der Waals surface area (Å²) in [7, 11) is -3.77.